The minimum atomic E-state index is 0. The van der Waals surface area contributed by atoms with Crippen molar-refractivity contribution in [1.29, 1.82) is 0 Å². The Morgan fingerprint density at radius 2 is 1.91 bits per heavy atom. The third-order valence-corrected chi connectivity index (χ3v) is 3.12. The van der Waals surface area contributed by atoms with E-state index in [1.54, 1.807) is 19.0 Å². The van der Waals surface area contributed by atoms with Crippen LogP contribution in [0.3, 0.4) is 0 Å². The zero-order valence-corrected chi connectivity index (χ0v) is 16.2. The van der Waals surface area contributed by atoms with Gasteiger partial charge in [0.2, 0.25) is 5.91 Å². The van der Waals surface area contributed by atoms with Crippen LogP contribution in [0.15, 0.2) is 29.3 Å². The number of rotatable bonds is 6. The Kier molecular flexibility index (Phi) is 10.6. The van der Waals surface area contributed by atoms with E-state index in [9.17, 15) is 4.79 Å². The van der Waals surface area contributed by atoms with Gasteiger partial charge in [0.15, 0.2) is 5.96 Å². The van der Waals surface area contributed by atoms with E-state index in [1.807, 2.05) is 12.1 Å². The van der Waals surface area contributed by atoms with Crippen molar-refractivity contribution in [2.24, 2.45) is 4.99 Å². The van der Waals surface area contributed by atoms with Gasteiger partial charge in [-0.1, -0.05) is 31.2 Å². The van der Waals surface area contributed by atoms with Crippen molar-refractivity contribution in [2.75, 3.05) is 27.2 Å². The Morgan fingerprint density at radius 1 is 1.23 bits per heavy atom. The van der Waals surface area contributed by atoms with Crippen LogP contribution in [-0.4, -0.2) is 44.0 Å². The second kappa shape index (κ2) is 11.3. The summed E-state index contributed by atoms with van der Waals surface area (Å²) in [5.41, 5.74) is 2.41. The standard InChI is InChI=1S/C16H26N4O.HI/c1-5-10-17-16(19-12-15(21)20(3)4)18-11-14-9-7-6-8-13(14)2;/h6-9H,5,10-12H2,1-4H3,(H2,17,18,19);1H. The molecular weight excluding hydrogens is 391 g/mol. The van der Waals surface area contributed by atoms with Crippen LogP contribution in [0.25, 0.3) is 0 Å². The number of carbonyl (C=O) groups is 1. The molecule has 124 valence electrons. The van der Waals surface area contributed by atoms with Crippen molar-refractivity contribution in [2.45, 2.75) is 26.8 Å². The molecule has 5 nitrogen and oxygen atoms in total. The molecule has 2 N–H and O–H groups in total. The van der Waals surface area contributed by atoms with Gasteiger partial charge in [-0.05, 0) is 24.5 Å². The fraction of sp³-hybridized carbons (Fsp3) is 0.500. The highest BCUT2D eigenvalue weighted by atomic mass is 127. The number of aliphatic imine (C=N–C) groups is 1. The van der Waals surface area contributed by atoms with E-state index in [2.05, 4.69) is 41.6 Å². The Morgan fingerprint density at radius 3 is 2.50 bits per heavy atom. The highest BCUT2D eigenvalue weighted by molar-refractivity contribution is 14.0. The van der Waals surface area contributed by atoms with Crippen molar-refractivity contribution < 1.29 is 4.79 Å². The first-order valence-corrected chi connectivity index (χ1v) is 7.31. The largest absolute Gasteiger partial charge is 0.356 e. The molecule has 0 radical (unpaired) electrons. The van der Waals surface area contributed by atoms with E-state index in [1.165, 1.54) is 11.1 Å². The number of guanidine groups is 1. The number of hydrogen-bond donors (Lipinski definition) is 2. The molecule has 1 aromatic rings. The molecule has 0 atom stereocenters. The van der Waals surface area contributed by atoms with E-state index in [-0.39, 0.29) is 36.4 Å². The lowest BCUT2D eigenvalue weighted by atomic mass is 10.1. The zero-order chi connectivity index (χ0) is 15.7. The predicted molar refractivity (Wildman–Crippen MR) is 103 cm³/mol. The smallest absolute Gasteiger partial charge is 0.241 e. The van der Waals surface area contributed by atoms with Crippen LogP contribution in [-0.2, 0) is 11.3 Å². The second-order valence-corrected chi connectivity index (χ2v) is 5.16. The van der Waals surface area contributed by atoms with Crippen LogP contribution in [0, 0.1) is 6.92 Å². The van der Waals surface area contributed by atoms with Crippen molar-refractivity contribution >= 4 is 35.8 Å². The van der Waals surface area contributed by atoms with Crippen LogP contribution in [0.1, 0.15) is 24.5 Å². The maximum absolute atomic E-state index is 11.6. The van der Waals surface area contributed by atoms with Gasteiger partial charge in [-0.15, -0.1) is 24.0 Å². The molecule has 0 heterocycles. The first kappa shape index (κ1) is 20.7. The molecule has 0 aliphatic rings. The van der Waals surface area contributed by atoms with Crippen LogP contribution in [0.4, 0.5) is 0 Å². The quantitative estimate of drug-likeness (QED) is 0.423. The third kappa shape index (κ3) is 7.63. The minimum Gasteiger partial charge on any atom is -0.356 e. The molecule has 0 aliphatic carbocycles. The highest BCUT2D eigenvalue weighted by Gasteiger charge is 2.05. The number of nitrogens with zero attached hydrogens (tertiary/aromatic N) is 2. The number of likely N-dealkylation sites (N-methyl/N-ethyl adjacent to an activating group) is 1. The number of carbonyl (C=O) groups excluding carboxylic acids is 1. The van der Waals surface area contributed by atoms with E-state index in [0.29, 0.717) is 12.5 Å². The van der Waals surface area contributed by atoms with Gasteiger partial charge in [0, 0.05) is 20.6 Å². The zero-order valence-electron chi connectivity index (χ0n) is 13.8. The summed E-state index contributed by atoms with van der Waals surface area (Å²) in [7, 11) is 3.49. The normalized spacial score (nSPS) is 10.6. The topological polar surface area (TPSA) is 56.7 Å². The lowest BCUT2D eigenvalue weighted by Gasteiger charge is -2.14. The molecule has 0 aromatic heterocycles. The number of nitrogens with one attached hydrogen (secondary N) is 2. The molecule has 0 bridgehead atoms. The number of benzene rings is 1. The molecule has 0 saturated carbocycles. The van der Waals surface area contributed by atoms with Gasteiger partial charge in [0.1, 0.15) is 0 Å². The molecular formula is C16H27IN4O. The average Bonchev–Trinajstić information content (AvgIpc) is 2.47. The van der Waals surface area contributed by atoms with Gasteiger partial charge in [-0.2, -0.15) is 0 Å². The molecule has 0 saturated heterocycles. The van der Waals surface area contributed by atoms with Gasteiger partial charge in [0.05, 0.1) is 13.1 Å². The molecule has 0 spiro atoms. The number of halogens is 1. The monoisotopic (exact) mass is 418 g/mol. The number of amides is 1. The Balaban J connectivity index is 0.00000441. The van der Waals surface area contributed by atoms with Crippen LogP contribution >= 0.6 is 24.0 Å². The average molecular weight is 418 g/mol. The maximum atomic E-state index is 11.6. The van der Waals surface area contributed by atoms with Crippen LogP contribution in [0.5, 0.6) is 0 Å². The molecule has 22 heavy (non-hydrogen) atoms. The van der Waals surface area contributed by atoms with Gasteiger partial charge < -0.3 is 15.5 Å². The highest BCUT2D eigenvalue weighted by Crippen LogP contribution is 2.07. The van der Waals surface area contributed by atoms with Gasteiger partial charge in [0.25, 0.3) is 0 Å². The molecule has 6 heteroatoms. The van der Waals surface area contributed by atoms with Gasteiger partial charge in [-0.25, -0.2) is 4.99 Å². The third-order valence-electron chi connectivity index (χ3n) is 3.12. The van der Waals surface area contributed by atoms with Crippen molar-refractivity contribution in [1.82, 2.24) is 15.5 Å². The minimum absolute atomic E-state index is 0. The molecule has 1 amide bonds. The fourth-order valence-electron chi connectivity index (χ4n) is 1.69. The summed E-state index contributed by atoms with van der Waals surface area (Å²) in [5, 5.41) is 6.29. The second-order valence-electron chi connectivity index (χ2n) is 5.16. The summed E-state index contributed by atoms with van der Waals surface area (Å²) in [6.45, 7) is 5.85. The summed E-state index contributed by atoms with van der Waals surface area (Å²) >= 11 is 0. The Bertz CT molecular complexity index is 489. The van der Waals surface area contributed by atoms with Crippen LogP contribution in [0.2, 0.25) is 0 Å². The fourth-order valence-corrected chi connectivity index (χ4v) is 1.69. The van der Waals surface area contributed by atoms with Crippen LogP contribution < -0.4 is 10.6 Å². The first-order valence-electron chi connectivity index (χ1n) is 7.31. The lowest BCUT2D eigenvalue weighted by Crippen LogP contribution is -2.43. The van der Waals surface area contributed by atoms with Crippen molar-refractivity contribution in [3.05, 3.63) is 35.4 Å². The molecule has 0 unspecified atom stereocenters. The van der Waals surface area contributed by atoms with E-state index < -0.39 is 0 Å². The molecule has 0 aliphatic heterocycles. The Labute approximate surface area is 150 Å². The van der Waals surface area contributed by atoms with E-state index in [0.717, 1.165) is 13.0 Å². The predicted octanol–water partition coefficient (Wildman–Crippen LogP) is 2.15. The molecule has 0 fully saturated rings. The maximum Gasteiger partial charge on any atom is 0.241 e. The Hall–Kier alpha value is -1.31. The SMILES string of the molecule is CCCNC(=NCc1ccccc1C)NCC(=O)N(C)C.I. The van der Waals surface area contributed by atoms with Crippen molar-refractivity contribution in [3.8, 4) is 0 Å². The molecule has 1 rings (SSSR count). The summed E-state index contributed by atoms with van der Waals surface area (Å²) in [4.78, 5) is 17.7. The van der Waals surface area contributed by atoms with E-state index in [4.69, 9.17) is 0 Å². The number of hydrogen-bond acceptors (Lipinski definition) is 2. The van der Waals surface area contributed by atoms with Gasteiger partial charge >= 0.3 is 0 Å². The summed E-state index contributed by atoms with van der Waals surface area (Å²) in [6.07, 6.45) is 1.01. The summed E-state index contributed by atoms with van der Waals surface area (Å²) in [5.74, 6) is 0.701. The van der Waals surface area contributed by atoms with Crippen molar-refractivity contribution in [3.63, 3.8) is 0 Å². The number of aryl methyl sites for hydroxylation is 1. The summed E-state index contributed by atoms with van der Waals surface area (Å²) < 4.78 is 0. The summed E-state index contributed by atoms with van der Waals surface area (Å²) in [6, 6.07) is 8.18. The molecule has 1 aromatic carbocycles. The lowest BCUT2D eigenvalue weighted by molar-refractivity contribution is -0.127. The van der Waals surface area contributed by atoms with E-state index >= 15 is 0 Å². The van der Waals surface area contributed by atoms with Gasteiger partial charge in [-0.3, -0.25) is 4.79 Å². The first-order chi connectivity index (χ1) is 10.0.